The van der Waals surface area contributed by atoms with E-state index in [1.807, 2.05) is 0 Å². The van der Waals surface area contributed by atoms with Gasteiger partial charge in [-0.3, -0.25) is 0 Å². The molecule has 4 nitrogen and oxygen atoms in total. The summed E-state index contributed by atoms with van der Waals surface area (Å²) in [6.45, 7) is 0. The normalized spacial score (nSPS) is 12.4. The summed E-state index contributed by atoms with van der Waals surface area (Å²) in [5, 5.41) is 9.73. The molecule has 8 heteroatoms. The Morgan fingerprint density at radius 2 is 1.56 bits per heavy atom. The smallest absolute Gasteiger partial charge is 0.416 e. The molecule has 2 rings (SSSR count). The predicted octanol–water partition coefficient (Wildman–Crippen LogP) is 3.99. The quantitative estimate of drug-likeness (QED) is 0.864. The number of hydrogen-bond acceptors (Lipinski definition) is 3. The third-order valence-electron chi connectivity index (χ3n) is 3.27. The van der Waals surface area contributed by atoms with Crippen LogP contribution in [0.2, 0.25) is 0 Å². The van der Waals surface area contributed by atoms with Crippen molar-refractivity contribution in [3.05, 3.63) is 76.2 Å². The first-order chi connectivity index (χ1) is 11.6. The van der Waals surface area contributed by atoms with Crippen molar-refractivity contribution in [3.8, 4) is 0 Å². The molecule has 0 aliphatic heterocycles. The molecular weight excluding hydrogens is 357 g/mol. The number of rotatable bonds is 5. The van der Waals surface area contributed by atoms with Gasteiger partial charge in [0.05, 0.1) is 16.9 Å². The van der Waals surface area contributed by atoms with Gasteiger partial charge in [0.15, 0.2) is 9.84 Å². The molecule has 0 aliphatic carbocycles. The van der Waals surface area contributed by atoms with E-state index in [0.717, 1.165) is 29.7 Å². The lowest BCUT2D eigenvalue weighted by atomic mass is 10.1. The summed E-state index contributed by atoms with van der Waals surface area (Å²) in [4.78, 5) is 10.7. The van der Waals surface area contributed by atoms with Crippen LogP contribution >= 0.6 is 0 Å². The largest absolute Gasteiger partial charge is 0.478 e. The van der Waals surface area contributed by atoms with E-state index in [4.69, 9.17) is 5.11 Å². The van der Waals surface area contributed by atoms with E-state index in [1.54, 1.807) is 0 Å². The van der Waals surface area contributed by atoms with Crippen molar-refractivity contribution in [2.45, 2.75) is 11.9 Å². The minimum atomic E-state index is -4.47. The van der Waals surface area contributed by atoms with E-state index in [1.165, 1.54) is 30.3 Å². The molecule has 132 valence electrons. The minimum absolute atomic E-state index is 0.0739. The first kappa shape index (κ1) is 18.7. The number of sulfone groups is 1. The second-order valence-electron chi connectivity index (χ2n) is 5.23. The highest BCUT2D eigenvalue weighted by Gasteiger charge is 2.30. The van der Waals surface area contributed by atoms with Gasteiger partial charge in [-0.1, -0.05) is 24.3 Å². The SMILES string of the molecule is O=C(O)c1ccc(/C=C/S(=O)(=O)Cc2ccc(C(F)(F)F)cc2)cc1. The van der Waals surface area contributed by atoms with Crippen molar-refractivity contribution in [3.63, 3.8) is 0 Å². The topological polar surface area (TPSA) is 71.4 Å². The van der Waals surface area contributed by atoms with Gasteiger partial charge >= 0.3 is 12.1 Å². The van der Waals surface area contributed by atoms with Crippen LogP contribution < -0.4 is 0 Å². The lowest BCUT2D eigenvalue weighted by Crippen LogP contribution is -2.05. The average molecular weight is 370 g/mol. The van der Waals surface area contributed by atoms with E-state index in [0.29, 0.717) is 5.56 Å². The van der Waals surface area contributed by atoms with Crippen LogP contribution in [0.15, 0.2) is 53.9 Å². The summed E-state index contributed by atoms with van der Waals surface area (Å²) in [5.74, 6) is -1.53. The van der Waals surface area contributed by atoms with Crippen molar-refractivity contribution in [2.75, 3.05) is 0 Å². The highest BCUT2D eigenvalue weighted by molar-refractivity contribution is 7.93. The monoisotopic (exact) mass is 370 g/mol. The average Bonchev–Trinajstić information content (AvgIpc) is 2.53. The van der Waals surface area contributed by atoms with Gasteiger partial charge in [0.25, 0.3) is 0 Å². The number of carboxylic acids is 1. The fraction of sp³-hybridized carbons (Fsp3) is 0.118. The second kappa shape index (κ2) is 7.10. The zero-order valence-corrected chi connectivity index (χ0v) is 13.5. The molecule has 25 heavy (non-hydrogen) atoms. The first-order valence-corrected chi connectivity index (χ1v) is 8.69. The second-order valence-corrected chi connectivity index (χ2v) is 7.12. The van der Waals surface area contributed by atoms with Crippen molar-refractivity contribution >= 4 is 21.9 Å². The molecule has 0 saturated heterocycles. The molecule has 0 aromatic heterocycles. The third kappa shape index (κ3) is 5.46. The first-order valence-electron chi connectivity index (χ1n) is 6.97. The van der Waals surface area contributed by atoms with Gasteiger partial charge in [0.1, 0.15) is 0 Å². The predicted molar refractivity (Wildman–Crippen MR) is 86.5 cm³/mol. The Kier molecular flexibility index (Phi) is 5.32. The van der Waals surface area contributed by atoms with Gasteiger partial charge in [-0.05, 0) is 41.5 Å². The molecule has 0 bridgehead atoms. The molecule has 0 atom stereocenters. The number of alkyl halides is 3. The molecule has 0 aliphatic rings. The van der Waals surface area contributed by atoms with Gasteiger partial charge < -0.3 is 5.11 Å². The number of benzene rings is 2. The Hall–Kier alpha value is -2.61. The summed E-state index contributed by atoms with van der Waals surface area (Å²) >= 11 is 0. The molecule has 2 aromatic carbocycles. The highest BCUT2D eigenvalue weighted by atomic mass is 32.2. The molecule has 0 saturated carbocycles. The fourth-order valence-electron chi connectivity index (χ4n) is 1.99. The van der Waals surface area contributed by atoms with Crippen LogP contribution in [0.1, 0.15) is 27.0 Å². The van der Waals surface area contributed by atoms with E-state index >= 15 is 0 Å². The molecule has 0 heterocycles. The summed E-state index contributed by atoms with van der Waals surface area (Å²) in [6, 6.07) is 9.49. The Morgan fingerprint density at radius 1 is 1.00 bits per heavy atom. The standard InChI is InChI=1S/C17H13F3O4S/c18-17(19,20)15-7-3-13(4-8-15)11-25(23,24)10-9-12-1-5-14(6-2-12)16(21)22/h1-10H,11H2,(H,21,22)/b10-9+. The van der Waals surface area contributed by atoms with Crippen LogP contribution in [0, 0.1) is 0 Å². The molecule has 0 fully saturated rings. The zero-order chi connectivity index (χ0) is 18.7. The summed E-state index contributed by atoms with van der Waals surface area (Å²) in [5.41, 5.74) is -0.0488. The number of carbonyl (C=O) groups is 1. The maximum atomic E-state index is 12.5. The van der Waals surface area contributed by atoms with Crippen molar-refractivity contribution in [1.29, 1.82) is 0 Å². The molecular formula is C17H13F3O4S. The van der Waals surface area contributed by atoms with Crippen LogP contribution in [-0.2, 0) is 21.8 Å². The lowest BCUT2D eigenvalue weighted by Gasteiger charge is -2.07. The van der Waals surface area contributed by atoms with Crippen LogP contribution in [0.4, 0.5) is 13.2 Å². The van der Waals surface area contributed by atoms with Gasteiger partial charge in [0.2, 0.25) is 0 Å². The number of hydrogen-bond donors (Lipinski definition) is 1. The number of aromatic carboxylic acids is 1. The third-order valence-corrected chi connectivity index (χ3v) is 4.56. The van der Waals surface area contributed by atoms with E-state index < -0.39 is 33.3 Å². The minimum Gasteiger partial charge on any atom is -0.478 e. The lowest BCUT2D eigenvalue weighted by molar-refractivity contribution is -0.137. The molecule has 0 amide bonds. The molecule has 2 aromatic rings. The van der Waals surface area contributed by atoms with Crippen molar-refractivity contribution < 1.29 is 31.5 Å². The van der Waals surface area contributed by atoms with Gasteiger partial charge in [-0.2, -0.15) is 13.2 Å². The maximum Gasteiger partial charge on any atom is 0.416 e. The van der Waals surface area contributed by atoms with Crippen LogP contribution in [0.5, 0.6) is 0 Å². The fourth-order valence-corrected chi connectivity index (χ4v) is 3.11. The van der Waals surface area contributed by atoms with Crippen LogP contribution in [0.25, 0.3) is 6.08 Å². The molecule has 0 radical (unpaired) electrons. The van der Waals surface area contributed by atoms with Crippen molar-refractivity contribution in [1.82, 2.24) is 0 Å². The Bertz CT molecular complexity index is 881. The number of halogens is 3. The Morgan fingerprint density at radius 3 is 2.04 bits per heavy atom. The molecule has 0 unspecified atom stereocenters. The molecule has 1 N–H and O–H groups in total. The summed E-state index contributed by atoms with van der Waals surface area (Å²) < 4.78 is 61.5. The van der Waals surface area contributed by atoms with Gasteiger partial charge in [-0.25, -0.2) is 13.2 Å². The van der Waals surface area contributed by atoms with Crippen LogP contribution in [0.3, 0.4) is 0 Å². The summed E-state index contributed by atoms with van der Waals surface area (Å²) in [7, 11) is -3.69. The Labute approximate surface area is 142 Å². The molecule has 0 spiro atoms. The zero-order valence-electron chi connectivity index (χ0n) is 12.7. The van der Waals surface area contributed by atoms with Gasteiger partial charge in [0, 0.05) is 5.41 Å². The van der Waals surface area contributed by atoms with E-state index in [2.05, 4.69) is 0 Å². The van der Waals surface area contributed by atoms with Crippen LogP contribution in [-0.4, -0.2) is 19.5 Å². The van der Waals surface area contributed by atoms with Crippen molar-refractivity contribution in [2.24, 2.45) is 0 Å². The highest BCUT2D eigenvalue weighted by Crippen LogP contribution is 2.29. The van der Waals surface area contributed by atoms with E-state index in [-0.39, 0.29) is 11.1 Å². The Balaban J connectivity index is 2.09. The van der Waals surface area contributed by atoms with Gasteiger partial charge in [-0.15, -0.1) is 0 Å². The number of carboxylic acid groups (broad SMARTS) is 1. The van der Waals surface area contributed by atoms with E-state index in [9.17, 15) is 26.4 Å². The maximum absolute atomic E-state index is 12.5. The summed E-state index contributed by atoms with van der Waals surface area (Å²) in [6.07, 6.45) is -3.18.